The second-order valence-electron chi connectivity index (χ2n) is 5.95. The third kappa shape index (κ3) is 5.84. The van der Waals surface area contributed by atoms with Gasteiger partial charge in [0.05, 0.1) is 19.4 Å². The number of nitrogens with zero attached hydrogens (tertiary/aromatic N) is 1. The van der Waals surface area contributed by atoms with Crippen LogP contribution in [0.2, 0.25) is 0 Å². The summed E-state index contributed by atoms with van der Waals surface area (Å²) < 4.78 is 12.1. The van der Waals surface area contributed by atoms with Gasteiger partial charge in [0, 0.05) is 16.7 Å². The van der Waals surface area contributed by atoms with E-state index in [1.54, 1.807) is 6.26 Å². The fourth-order valence-corrected chi connectivity index (χ4v) is 3.12. The zero-order valence-corrected chi connectivity index (χ0v) is 17.4. The van der Waals surface area contributed by atoms with Crippen LogP contribution in [-0.4, -0.2) is 16.6 Å². The highest BCUT2D eigenvalue weighted by Gasteiger charge is 2.13. The van der Waals surface area contributed by atoms with Crippen molar-refractivity contribution in [3.63, 3.8) is 0 Å². The number of hydrogen-bond donors (Lipinski definition) is 1. The number of nitrogens with one attached hydrogen (secondary N) is 1. The van der Waals surface area contributed by atoms with Crippen molar-refractivity contribution in [2.45, 2.75) is 20.0 Å². The lowest BCUT2D eigenvalue weighted by Gasteiger charge is -2.25. The van der Waals surface area contributed by atoms with E-state index in [1.807, 2.05) is 55.5 Å². The van der Waals surface area contributed by atoms with Crippen molar-refractivity contribution >= 4 is 38.9 Å². The van der Waals surface area contributed by atoms with Crippen LogP contribution in [-0.2, 0) is 13.1 Å². The van der Waals surface area contributed by atoms with E-state index in [9.17, 15) is 0 Å². The van der Waals surface area contributed by atoms with Gasteiger partial charge in [-0.2, -0.15) is 0 Å². The normalized spacial score (nSPS) is 10.4. The van der Waals surface area contributed by atoms with Crippen LogP contribution in [0.3, 0.4) is 0 Å². The number of rotatable bonds is 7. The highest BCUT2D eigenvalue weighted by Crippen LogP contribution is 2.18. The van der Waals surface area contributed by atoms with Crippen molar-refractivity contribution in [1.29, 1.82) is 0 Å². The van der Waals surface area contributed by atoms with Gasteiger partial charge in [0.1, 0.15) is 11.5 Å². The molecule has 2 aromatic carbocycles. The van der Waals surface area contributed by atoms with Gasteiger partial charge in [-0.05, 0) is 73.2 Å². The Morgan fingerprint density at radius 2 is 1.81 bits per heavy atom. The molecule has 27 heavy (non-hydrogen) atoms. The molecule has 0 aliphatic heterocycles. The summed E-state index contributed by atoms with van der Waals surface area (Å²) in [4.78, 5) is 2.08. The van der Waals surface area contributed by atoms with Crippen molar-refractivity contribution < 1.29 is 9.15 Å². The molecule has 1 aromatic heterocycles. The van der Waals surface area contributed by atoms with Gasteiger partial charge in [-0.25, -0.2) is 0 Å². The zero-order chi connectivity index (χ0) is 19.1. The molecule has 1 heterocycles. The standard InChI is InChI=1S/C21H21BrN2O2S/c1-2-25-19-11-9-18(10-12-19)23-21(27)24(15-20-4-3-13-26-20)14-16-5-7-17(22)8-6-16/h3-13H,2,14-15H2,1H3,(H,23,27). The summed E-state index contributed by atoms with van der Waals surface area (Å²) >= 11 is 9.15. The van der Waals surface area contributed by atoms with Crippen LogP contribution in [0.4, 0.5) is 5.69 Å². The second kappa shape index (κ2) is 9.58. The monoisotopic (exact) mass is 444 g/mol. The minimum absolute atomic E-state index is 0.589. The maximum atomic E-state index is 5.67. The molecular formula is C21H21BrN2O2S. The lowest BCUT2D eigenvalue weighted by molar-refractivity contribution is 0.340. The Balaban J connectivity index is 1.72. The fourth-order valence-electron chi connectivity index (χ4n) is 2.60. The Bertz CT molecular complexity index is 849. The van der Waals surface area contributed by atoms with E-state index in [0.29, 0.717) is 24.8 Å². The van der Waals surface area contributed by atoms with E-state index in [4.69, 9.17) is 21.4 Å². The number of hydrogen-bond acceptors (Lipinski definition) is 3. The van der Waals surface area contributed by atoms with Gasteiger partial charge in [-0.3, -0.25) is 0 Å². The molecule has 3 rings (SSSR count). The van der Waals surface area contributed by atoms with Crippen molar-refractivity contribution in [1.82, 2.24) is 4.90 Å². The molecule has 0 bridgehead atoms. The Morgan fingerprint density at radius 1 is 1.07 bits per heavy atom. The number of ether oxygens (including phenoxy) is 1. The first-order valence-electron chi connectivity index (χ1n) is 8.69. The number of halogens is 1. The van der Waals surface area contributed by atoms with Gasteiger partial charge in [-0.15, -0.1) is 0 Å². The van der Waals surface area contributed by atoms with Crippen LogP contribution in [0.1, 0.15) is 18.2 Å². The van der Waals surface area contributed by atoms with Gasteiger partial charge in [0.15, 0.2) is 5.11 Å². The molecule has 0 radical (unpaired) electrons. The fraction of sp³-hybridized carbons (Fsp3) is 0.190. The Labute approximate surface area is 173 Å². The first-order chi connectivity index (χ1) is 13.1. The summed E-state index contributed by atoms with van der Waals surface area (Å²) in [6.45, 7) is 3.88. The van der Waals surface area contributed by atoms with Gasteiger partial charge in [0.25, 0.3) is 0 Å². The van der Waals surface area contributed by atoms with Gasteiger partial charge < -0.3 is 19.4 Å². The van der Waals surface area contributed by atoms with Crippen LogP contribution in [0.5, 0.6) is 5.75 Å². The van der Waals surface area contributed by atoms with Crippen molar-refractivity contribution in [2.24, 2.45) is 0 Å². The molecule has 0 saturated carbocycles. The first kappa shape index (κ1) is 19.5. The number of furan rings is 1. The van der Waals surface area contributed by atoms with Crippen LogP contribution in [0, 0.1) is 0 Å². The minimum Gasteiger partial charge on any atom is -0.494 e. The third-order valence-electron chi connectivity index (χ3n) is 3.92. The van der Waals surface area contributed by atoms with E-state index in [1.165, 1.54) is 5.56 Å². The van der Waals surface area contributed by atoms with Gasteiger partial charge in [-0.1, -0.05) is 28.1 Å². The Kier molecular flexibility index (Phi) is 6.90. The lowest BCUT2D eigenvalue weighted by Crippen LogP contribution is -2.33. The molecule has 0 aliphatic carbocycles. The number of thiocarbonyl (C=S) groups is 1. The summed E-state index contributed by atoms with van der Waals surface area (Å²) in [5.74, 6) is 1.71. The predicted octanol–water partition coefficient (Wildman–Crippen LogP) is 5.84. The smallest absolute Gasteiger partial charge is 0.174 e. The highest BCUT2D eigenvalue weighted by atomic mass is 79.9. The quantitative estimate of drug-likeness (QED) is 0.463. The molecule has 3 aromatic rings. The first-order valence-corrected chi connectivity index (χ1v) is 9.90. The molecule has 0 amide bonds. The van der Waals surface area contributed by atoms with Crippen molar-refractivity contribution in [3.8, 4) is 5.75 Å². The summed E-state index contributed by atoms with van der Waals surface area (Å²) in [7, 11) is 0. The molecular weight excluding hydrogens is 424 g/mol. The van der Waals surface area contributed by atoms with E-state index < -0.39 is 0 Å². The molecule has 0 unspecified atom stereocenters. The summed E-state index contributed by atoms with van der Waals surface area (Å²) in [6.07, 6.45) is 1.68. The Morgan fingerprint density at radius 3 is 2.44 bits per heavy atom. The van der Waals surface area contributed by atoms with Gasteiger partial charge >= 0.3 is 0 Å². The van der Waals surface area contributed by atoms with Crippen molar-refractivity contribution in [3.05, 3.63) is 82.7 Å². The van der Waals surface area contributed by atoms with Crippen LogP contribution < -0.4 is 10.1 Å². The molecule has 0 aliphatic rings. The minimum atomic E-state index is 0.589. The predicted molar refractivity (Wildman–Crippen MR) is 116 cm³/mol. The zero-order valence-electron chi connectivity index (χ0n) is 15.0. The highest BCUT2D eigenvalue weighted by molar-refractivity contribution is 9.10. The number of anilines is 1. The molecule has 1 N–H and O–H groups in total. The maximum Gasteiger partial charge on any atom is 0.174 e. The van der Waals surface area contributed by atoms with E-state index >= 15 is 0 Å². The topological polar surface area (TPSA) is 37.6 Å². The van der Waals surface area contributed by atoms with Crippen LogP contribution in [0.25, 0.3) is 0 Å². The average Bonchev–Trinajstić information content (AvgIpc) is 3.18. The molecule has 0 saturated heterocycles. The lowest BCUT2D eigenvalue weighted by atomic mass is 10.2. The summed E-state index contributed by atoms with van der Waals surface area (Å²) in [5, 5.41) is 3.94. The molecule has 0 fully saturated rings. The van der Waals surface area contributed by atoms with E-state index in [2.05, 4.69) is 38.3 Å². The molecule has 4 nitrogen and oxygen atoms in total. The third-order valence-corrected chi connectivity index (χ3v) is 4.81. The Hall–Kier alpha value is -2.31. The summed E-state index contributed by atoms with van der Waals surface area (Å²) in [6, 6.07) is 19.8. The molecule has 6 heteroatoms. The van der Waals surface area contributed by atoms with Crippen molar-refractivity contribution in [2.75, 3.05) is 11.9 Å². The SMILES string of the molecule is CCOc1ccc(NC(=S)N(Cc2ccc(Br)cc2)Cc2ccco2)cc1. The van der Waals surface area contributed by atoms with Gasteiger partial charge in [0.2, 0.25) is 0 Å². The summed E-state index contributed by atoms with van der Waals surface area (Å²) in [5.41, 5.74) is 2.09. The molecule has 0 spiro atoms. The molecule has 140 valence electrons. The largest absolute Gasteiger partial charge is 0.494 e. The van der Waals surface area contributed by atoms with Crippen LogP contribution in [0.15, 0.2) is 75.8 Å². The maximum absolute atomic E-state index is 5.67. The number of benzene rings is 2. The van der Waals surface area contributed by atoms with Crippen LogP contribution >= 0.6 is 28.1 Å². The molecule has 0 atom stereocenters. The average molecular weight is 445 g/mol. The van der Waals surface area contributed by atoms with E-state index in [0.717, 1.165) is 21.7 Å². The second-order valence-corrected chi connectivity index (χ2v) is 7.25. The van der Waals surface area contributed by atoms with E-state index in [-0.39, 0.29) is 0 Å².